The molecule has 0 aliphatic heterocycles. The van der Waals surface area contributed by atoms with E-state index in [-0.39, 0.29) is 17.6 Å². The molecule has 0 radical (unpaired) electrons. The van der Waals surface area contributed by atoms with Gasteiger partial charge in [0.05, 0.1) is 10.6 Å². The van der Waals surface area contributed by atoms with Crippen LogP contribution < -0.4 is 5.32 Å². The fraction of sp³-hybridized carbons (Fsp3) is 0.385. The van der Waals surface area contributed by atoms with Crippen LogP contribution in [0.25, 0.3) is 0 Å². The summed E-state index contributed by atoms with van der Waals surface area (Å²) in [4.78, 5) is 24.0. The first-order valence-electron chi connectivity index (χ1n) is 6.55. The molecular formula is C13H14N4O2S2. The number of aromatic nitrogens is 3. The molecule has 1 fully saturated rings. The minimum atomic E-state index is -0.354. The van der Waals surface area contributed by atoms with E-state index in [4.69, 9.17) is 0 Å². The van der Waals surface area contributed by atoms with Gasteiger partial charge in [0.25, 0.3) is 5.91 Å². The second kappa shape index (κ2) is 5.98. The molecule has 2 amide bonds. The number of hydrogen-bond donors (Lipinski definition) is 1. The highest BCUT2D eigenvalue weighted by molar-refractivity contribution is 7.99. The molecule has 1 aliphatic carbocycles. The van der Waals surface area contributed by atoms with Gasteiger partial charge in [-0.25, -0.2) is 0 Å². The lowest BCUT2D eigenvalue weighted by Crippen LogP contribution is -2.31. The maximum absolute atomic E-state index is 11.8. The molecule has 3 rings (SSSR count). The Balaban J connectivity index is 1.53. The highest BCUT2D eigenvalue weighted by atomic mass is 32.2. The maximum Gasteiger partial charge on any atom is 0.267 e. The SMILES string of the molecule is Cn1c(SCC(=O)NC(=O)c2cccs2)nnc1C1CC1. The standard InChI is InChI=1S/C13H14N4O2S2/c1-17-11(8-4-5-8)15-16-13(17)21-7-10(18)14-12(19)9-3-2-6-20-9/h2-3,6,8H,4-5,7H2,1H3,(H,14,18,19). The number of rotatable bonds is 5. The van der Waals surface area contributed by atoms with Crippen LogP contribution >= 0.6 is 23.1 Å². The molecule has 0 saturated heterocycles. The Morgan fingerprint density at radius 2 is 2.29 bits per heavy atom. The molecule has 0 bridgehead atoms. The number of thiophene rings is 1. The molecule has 0 unspecified atom stereocenters. The van der Waals surface area contributed by atoms with Gasteiger partial charge in [0, 0.05) is 13.0 Å². The lowest BCUT2D eigenvalue weighted by molar-refractivity contribution is -0.117. The second-order valence-electron chi connectivity index (χ2n) is 4.82. The summed E-state index contributed by atoms with van der Waals surface area (Å²) in [7, 11) is 1.91. The highest BCUT2D eigenvalue weighted by Gasteiger charge is 2.29. The molecule has 1 N–H and O–H groups in total. The fourth-order valence-corrected chi connectivity index (χ4v) is 3.25. The number of hydrogen-bond acceptors (Lipinski definition) is 6. The van der Waals surface area contributed by atoms with Crippen molar-refractivity contribution >= 4 is 34.9 Å². The number of imide groups is 1. The highest BCUT2D eigenvalue weighted by Crippen LogP contribution is 2.39. The van der Waals surface area contributed by atoms with Gasteiger partial charge in [0.15, 0.2) is 5.16 Å². The topological polar surface area (TPSA) is 76.9 Å². The zero-order valence-electron chi connectivity index (χ0n) is 11.4. The van der Waals surface area contributed by atoms with Gasteiger partial charge >= 0.3 is 0 Å². The average Bonchev–Trinajstić information content (AvgIpc) is 3.01. The normalized spacial score (nSPS) is 14.1. The van der Waals surface area contributed by atoms with E-state index in [1.54, 1.807) is 17.5 Å². The van der Waals surface area contributed by atoms with Crippen LogP contribution in [0.4, 0.5) is 0 Å². The number of nitrogens with one attached hydrogen (secondary N) is 1. The number of carbonyl (C=O) groups excluding carboxylic acids is 2. The first-order chi connectivity index (χ1) is 10.1. The van der Waals surface area contributed by atoms with Crippen molar-refractivity contribution in [3.05, 3.63) is 28.2 Å². The van der Waals surface area contributed by atoms with Crippen LogP contribution in [0.3, 0.4) is 0 Å². The van der Waals surface area contributed by atoms with Crippen LogP contribution in [0, 0.1) is 0 Å². The summed E-state index contributed by atoms with van der Waals surface area (Å²) in [5, 5.41) is 13.1. The number of thioether (sulfide) groups is 1. The monoisotopic (exact) mass is 322 g/mol. The molecule has 21 heavy (non-hydrogen) atoms. The molecule has 1 saturated carbocycles. The second-order valence-corrected chi connectivity index (χ2v) is 6.71. The largest absolute Gasteiger partial charge is 0.309 e. The first-order valence-corrected chi connectivity index (χ1v) is 8.41. The van der Waals surface area contributed by atoms with Crippen molar-refractivity contribution < 1.29 is 9.59 Å². The first kappa shape index (κ1) is 14.3. The van der Waals surface area contributed by atoms with Crippen molar-refractivity contribution in [3.8, 4) is 0 Å². The predicted octanol–water partition coefficient (Wildman–Crippen LogP) is 1.80. The van der Waals surface area contributed by atoms with E-state index in [9.17, 15) is 9.59 Å². The maximum atomic E-state index is 11.8. The Hall–Kier alpha value is -1.67. The molecule has 2 heterocycles. The Morgan fingerprint density at radius 1 is 1.48 bits per heavy atom. The van der Waals surface area contributed by atoms with Gasteiger partial charge in [-0.1, -0.05) is 17.8 Å². The van der Waals surface area contributed by atoms with E-state index in [1.165, 1.54) is 23.1 Å². The molecule has 1 aliphatic rings. The summed E-state index contributed by atoms with van der Waals surface area (Å²) < 4.78 is 1.93. The number of amides is 2. The van der Waals surface area contributed by atoms with Gasteiger partial charge in [0.2, 0.25) is 5.91 Å². The Kier molecular flexibility index (Phi) is 4.07. The van der Waals surface area contributed by atoms with Crippen molar-refractivity contribution in [1.82, 2.24) is 20.1 Å². The quantitative estimate of drug-likeness (QED) is 0.850. The molecule has 0 aromatic carbocycles. The third-order valence-corrected chi connectivity index (χ3v) is 5.03. The van der Waals surface area contributed by atoms with Gasteiger partial charge in [-0.15, -0.1) is 21.5 Å². The summed E-state index contributed by atoms with van der Waals surface area (Å²) in [5.41, 5.74) is 0. The summed E-state index contributed by atoms with van der Waals surface area (Å²) in [5.74, 6) is 0.966. The van der Waals surface area contributed by atoms with Crippen LogP contribution in [0.1, 0.15) is 34.3 Å². The van der Waals surface area contributed by atoms with Crippen molar-refractivity contribution in [2.45, 2.75) is 23.9 Å². The molecule has 2 aromatic heterocycles. The summed E-state index contributed by atoms with van der Waals surface area (Å²) in [6.45, 7) is 0. The summed E-state index contributed by atoms with van der Waals surface area (Å²) in [6, 6.07) is 3.46. The minimum absolute atomic E-state index is 0.147. The predicted molar refractivity (Wildman–Crippen MR) is 80.5 cm³/mol. The molecule has 0 atom stereocenters. The van der Waals surface area contributed by atoms with Crippen molar-refractivity contribution in [3.63, 3.8) is 0 Å². The van der Waals surface area contributed by atoms with Gasteiger partial charge in [0.1, 0.15) is 5.82 Å². The Morgan fingerprint density at radius 3 is 2.95 bits per heavy atom. The van der Waals surface area contributed by atoms with Crippen molar-refractivity contribution in [2.75, 3.05) is 5.75 Å². The Labute approximate surface area is 130 Å². The summed E-state index contributed by atoms with van der Waals surface area (Å²) >= 11 is 2.59. The van der Waals surface area contributed by atoms with Gasteiger partial charge in [-0.05, 0) is 24.3 Å². The molecule has 0 spiro atoms. The molecule has 110 valence electrons. The lowest BCUT2D eigenvalue weighted by Gasteiger charge is -2.03. The lowest BCUT2D eigenvalue weighted by atomic mass is 10.4. The van der Waals surface area contributed by atoms with Crippen LogP contribution in [-0.4, -0.2) is 32.3 Å². The molecule has 8 heteroatoms. The van der Waals surface area contributed by atoms with E-state index in [2.05, 4.69) is 15.5 Å². The zero-order valence-corrected chi connectivity index (χ0v) is 13.0. The van der Waals surface area contributed by atoms with E-state index < -0.39 is 0 Å². The van der Waals surface area contributed by atoms with Crippen LogP contribution in [-0.2, 0) is 11.8 Å². The van der Waals surface area contributed by atoms with E-state index in [0.717, 1.165) is 18.7 Å². The third kappa shape index (κ3) is 3.33. The molecule has 2 aromatic rings. The van der Waals surface area contributed by atoms with Crippen molar-refractivity contribution in [1.29, 1.82) is 0 Å². The fourth-order valence-electron chi connectivity index (χ4n) is 1.91. The zero-order chi connectivity index (χ0) is 14.8. The number of carbonyl (C=O) groups is 2. The van der Waals surface area contributed by atoms with Gasteiger partial charge in [-0.2, -0.15) is 0 Å². The minimum Gasteiger partial charge on any atom is -0.309 e. The van der Waals surface area contributed by atoms with Gasteiger partial charge in [-0.3, -0.25) is 14.9 Å². The number of nitrogens with zero attached hydrogens (tertiary/aromatic N) is 3. The molecular weight excluding hydrogens is 308 g/mol. The van der Waals surface area contributed by atoms with E-state index in [1.807, 2.05) is 11.6 Å². The van der Waals surface area contributed by atoms with E-state index >= 15 is 0 Å². The van der Waals surface area contributed by atoms with Crippen LogP contribution in [0.5, 0.6) is 0 Å². The van der Waals surface area contributed by atoms with Crippen LogP contribution in [0.2, 0.25) is 0 Å². The van der Waals surface area contributed by atoms with Gasteiger partial charge < -0.3 is 4.57 Å². The summed E-state index contributed by atoms with van der Waals surface area (Å²) in [6.07, 6.45) is 2.32. The average molecular weight is 322 g/mol. The smallest absolute Gasteiger partial charge is 0.267 e. The van der Waals surface area contributed by atoms with Crippen LogP contribution in [0.15, 0.2) is 22.7 Å². The van der Waals surface area contributed by atoms with E-state index in [0.29, 0.717) is 16.0 Å². The molecule has 6 nitrogen and oxygen atoms in total. The van der Waals surface area contributed by atoms with Crippen molar-refractivity contribution in [2.24, 2.45) is 7.05 Å². The third-order valence-electron chi connectivity index (χ3n) is 3.14. The Bertz CT molecular complexity index is 662.